The van der Waals surface area contributed by atoms with Gasteiger partial charge in [-0.25, -0.2) is 0 Å². The van der Waals surface area contributed by atoms with Crippen molar-refractivity contribution in [2.45, 2.75) is 37.6 Å². The molecule has 5 heteroatoms. The third-order valence-corrected chi connectivity index (χ3v) is 4.67. The SMILES string of the molecule is CC(C)(C)N=C1Sc2ccc(Br)cc2C2=NCCCN12. The highest BCUT2D eigenvalue weighted by Crippen LogP contribution is 2.36. The molecule has 2 aliphatic heterocycles. The van der Waals surface area contributed by atoms with Crippen molar-refractivity contribution < 1.29 is 0 Å². The molecule has 0 aliphatic carbocycles. The molecular formula is C15H18BrN3S. The predicted octanol–water partition coefficient (Wildman–Crippen LogP) is 4.16. The van der Waals surface area contributed by atoms with E-state index in [1.54, 1.807) is 11.8 Å². The van der Waals surface area contributed by atoms with Crippen LogP contribution >= 0.6 is 27.7 Å². The molecule has 2 aliphatic rings. The molecule has 0 amide bonds. The molecule has 0 unspecified atom stereocenters. The van der Waals surface area contributed by atoms with Crippen LogP contribution in [0.5, 0.6) is 0 Å². The minimum Gasteiger partial charge on any atom is -0.305 e. The molecule has 0 saturated heterocycles. The van der Waals surface area contributed by atoms with E-state index in [1.165, 1.54) is 10.5 Å². The van der Waals surface area contributed by atoms with Crippen molar-refractivity contribution in [3.8, 4) is 0 Å². The Balaban J connectivity index is 2.12. The number of thioether (sulfide) groups is 1. The average Bonchev–Trinajstić information content (AvgIpc) is 2.38. The van der Waals surface area contributed by atoms with Gasteiger partial charge in [0, 0.05) is 28.0 Å². The summed E-state index contributed by atoms with van der Waals surface area (Å²) in [5.41, 5.74) is 1.15. The fourth-order valence-electron chi connectivity index (χ4n) is 2.31. The number of nitrogens with zero attached hydrogens (tertiary/aromatic N) is 3. The first-order valence-corrected chi connectivity index (χ1v) is 8.45. The number of amidine groups is 2. The second-order valence-electron chi connectivity index (χ2n) is 6.02. The zero-order valence-electron chi connectivity index (χ0n) is 12.0. The minimum atomic E-state index is -0.0717. The van der Waals surface area contributed by atoms with Crippen LogP contribution in [0.3, 0.4) is 0 Å². The predicted molar refractivity (Wildman–Crippen MR) is 89.9 cm³/mol. The van der Waals surface area contributed by atoms with E-state index in [0.29, 0.717) is 0 Å². The van der Waals surface area contributed by atoms with Crippen LogP contribution in [-0.2, 0) is 0 Å². The standard InChI is InChI=1S/C15H18BrN3S/c1-15(2,3)18-14-19-8-4-7-17-13(19)11-9-10(16)5-6-12(11)20-14/h5-6,9H,4,7-8H2,1-3H3. The van der Waals surface area contributed by atoms with Crippen LogP contribution in [0, 0.1) is 0 Å². The number of fused-ring (bicyclic) bond motifs is 3. The van der Waals surface area contributed by atoms with Crippen molar-refractivity contribution in [2.24, 2.45) is 9.98 Å². The maximum absolute atomic E-state index is 4.89. The lowest BCUT2D eigenvalue weighted by molar-refractivity contribution is 0.527. The number of halogens is 1. The van der Waals surface area contributed by atoms with Crippen molar-refractivity contribution >= 4 is 38.7 Å². The van der Waals surface area contributed by atoms with Gasteiger partial charge >= 0.3 is 0 Å². The lowest BCUT2D eigenvalue weighted by Gasteiger charge is -2.36. The number of rotatable bonds is 0. The van der Waals surface area contributed by atoms with Gasteiger partial charge in [0.15, 0.2) is 5.17 Å². The van der Waals surface area contributed by atoms with E-state index in [9.17, 15) is 0 Å². The summed E-state index contributed by atoms with van der Waals surface area (Å²) in [6.45, 7) is 8.33. The lowest BCUT2D eigenvalue weighted by atomic mass is 10.1. The third kappa shape index (κ3) is 2.79. The molecule has 2 heterocycles. The molecule has 0 fully saturated rings. The molecule has 0 spiro atoms. The lowest BCUT2D eigenvalue weighted by Crippen LogP contribution is -2.43. The number of hydrogen-bond donors (Lipinski definition) is 0. The van der Waals surface area contributed by atoms with Crippen LogP contribution < -0.4 is 0 Å². The smallest absolute Gasteiger partial charge is 0.170 e. The van der Waals surface area contributed by atoms with Gasteiger partial charge in [0.2, 0.25) is 0 Å². The second-order valence-corrected chi connectivity index (χ2v) is 7.94. The Kier molecular flexibility index (Phi) is 3.67. The molecule has 3 rings (SSSR count). The van der Waals surface area contributed by atoms with Crippen molar-refractivity contribution in [3.63, 3.8) is 0 Å². The Morgan fingerprint density at radius 2 is 2.15 bits per heavy atom. The molecule has 20 heavy (non-hydrogen) atoms. The van der Waals surface area contributed by atoms with Gasteiger partial charge in [-0.3, -0.25) is 9.98 Å². The monoisotopic (exact) mass is 351 g/mol. The van der Waals surface area contributed by atoms with Crippen LogP contribution in [0.1, 0.15) is 32.8 Å². The van der Waals surface area contributed by atoms with Gasteiger partial charge in [0.05, 0.1) is 5.54 Å². The number of hydrogen-bond acceptors (Lipinski definition) is 3. The fourth-order valence-corrected chi connectivity index (χ4v) is 3.87. The van der Waals surface area contributed by atoms with Gasteiger partial charge in [-0.2, -0.15) is 0 Å². The molecule has 0 radical (unpaired) electrons. The van der Waals surface area contributed by atoms with Crippen molar-refractivity contribution in [2.75, 3.05) is 13.1 Å². The largest absolute Gasteiger partial charge is 0.305 e. The average molecular weight is 352 g/mol. The van der Waals surface area contributed by atoms with Crippen LogP contribution in [0.2, 0.25) is 0 Å². The first-order valence-electron chi connectivity index (χ1n) is 6.84. The van der Waals surface area contributed by atoms with Crippen LogP contribution in [0.4, 0.5) is 0 Å². The fraction of sp³-hybridized carbons (Fsp3) is 0.467. The topological polar surface area (TPSA) is 28.0 Å². The highest BCUT2D eigenvalue weighted by Gasteiger charge is 2.31. The van der Waals surface area contributed by atoms with Crippen LogP contribution in [-0.4, -0.2) is 34.5 Å². The zero-order valence-corrected chi connectivity index (χ0v) is 14.4. The molecule has 0 aromatic heterocycles. The molecule has 0 atom stereocenters. The Morgan fingerprint density at radius 3 is 2.90 bits per heavy atom. The van der Waals surface area contributed by atoms with Gasteiger partial charge < -0.3 is 4.90 Å². The van der Waals surface area contributed by atoms with E-state index in [2.05, 4.69) is 59.8 Å². The summed E-state index contributed by atoms with van der Waals surface area (Å²) in [4.78, 5) is 13.1. The molecular weight excluding hydrogens is 334 g/mol. The van der Waals surface area contributed by atoms with Gasteiger partial charge in [-0.1, -0.05) is 27.7 Å². The van der Waals surface area contributed by atoms with E-state index < -0.39 is 0 Å². The summed E-state index contributed by atoms with van der Waals surface area (Å²) in [5.74, 6) is 1.08. The number of aliphatic imine (C=N–C) groups is 2. The Labute approximate surface area is 132 Å². The Hall–Kier alpha value is -0.810. The summed E-state index contributed by atoms with van der Waals surface area (Å²) in [5, 5.41) is 1.07. The maximum Gasteiger partial charge on any atom is 0.170 e. The first-order chi connectivity index (χ1) is 9.44. The Morgan fingerprint density at radius 1 is 1.35 bits per heavy atom. The molecule has 1 aromatic rings. The molecule has 1 aromatic carbocycles. The summed E-state index contributed by atoms with van der Waals surface area (Å²) in [7, 11) is 0. The highest BCUT2D eigenvalue weighted by molar-refractivity contribution is 9.10. The van der Waals surface area contributed by atoms with Crippen LogP contribution in [0.25, 0.3) is 0 Å². The Bertz CT molecular complexity index is 602. The van der Waals surface area contributed by atoms with Gasteiger partial charge in [0.1, 0.15) is 5.84 Å². The molecule has 0 N–H and O–H groups in total. The van der Waals surface area contributed by atoms with E-state index >= 15 is 0 Å². The summed E-state index contributed by atoms with van der Waals surface area (Å²) in [6, 6.07) is 6.39. The molecule has 0 saturated carbocycles. The van der Waals surface area contributed by atoms with E-state index in [1.807, 2.05) is 0 Å². The van der Waals surface area contributed by atoms with Gasteiger partial charge in [0.25, 0.3) is 0 Å². The zero-order chi connectivity index (χ0) is 14.3. The summed E-state index contributed by atoms with van der Waals surface area (Å²) in [6.07, 6.45) is 1.09. The summed E-state index contributed by atoms with van der Waals surface area (Å²) < 4.78 is 1.10. The van der Waals surface area contributed by atoms with Gasteiger partial charge in [-0.15, -0.1) is 0 Å². The van der Waals surface area contributed by atoms with E-state index in [4.69, 9.17) is 9.98 Å². The minimum absolute atomic E-state index is 0.0717. The van der Waals surface area contributed by atoms with Crippen molar-refractivity contribution in [3.05, 3.63) is 28.2 Å². The summed E-state index contributed by atoms with van der Waals surface area (Å²) >= 11 is 5.31. The quantitative estimate of drug-likeness (QED) is 0.701. The van der Waals surface area contributed by atoms with Crippen molar-refractivity contribution in [1.29, 1.82) is 0 Å². The highest BCUT2D eigenvalue weighted by atomic mass is 79.9. The number of benzene rings is 1. The first kappa shape index (κ1) is 14.1. The molecule has 106 valence electrons. The molecule has 3 nitrogen and oxygen atoms in total. The van der Waals surface area contributed by atoms with Crippen molar-refractivity contribution in [1.82, 2.24) is 4.90 Å². The van der Waals surface area contributed by atoms with E-state index in [-0.39, 0.29) is 5.54 Å². The maximum atomic E-state index is 4.89. The normalized spacial score (nSPS) is 20.5. The van der Waals surface area contributed by atoms with E-state index in [0.717, 1.165) is 35.0 Å². The van der Waals surface area contributed by atoms with Crippen LogP contribution in [0.15, 0.2) is 37.6 Å². The third-order valence-electron chi connectivity index (χ3n) is 3.10. The molecule has 0 bridgehead atoms. The second kappa shape index (κ2) is 5.19. The van der Waals surface area contributed by atoms with Gasteiger partial charge in [-0.05, 0) is 45.4 Å².